The highest BCUT2D eigenvalue weighted by atomic mass is 32.2. The van der Waals surface area contributed by atoms with Gasteiger partial charge >= 0.3 is 0 Å². The first kappa shape index (κ1) is 12.9. The molecule has 2 heterocycles. The molecule has 3 unspecified atom stereocenters. The Morgan fingerprint density at radius 2 is 2.22 bits per heavy atom. The number of epoxide rings is 1. The van der Waals surface area contributed by atoms with E-state index in [-0.39, 0.29) is 15.9 Å². The molecule has 1 saturated heterocycles. The van der Waals surface area contributed by atoms with Crippen molar-refractivity contribution in [2.45, 2.75) is 67.7 Å². The van der Waals surface area contributed by atoms with E-state index in [1.165, 1.54) is 17.2 Å². The van der Waals surface area contributed by atoms with Gasteiger partial charge in [0.25, 0.3) is 0 Å². The van der Waals surface area contributed by atoms with Crippen molar-refractivity contribution in [1.82, 2.24) is 4.98 Å². The fourth-order valence-corrected chi connectivity index (χ4v) is 6.19. The molecule has 0 N–H and O–H groups in total. The number of hydrogen-bond donors (Lipinski definition) is 0. The summed E-state index contributed by atoms with van der Waals surface area (Å²) in [5.74, 6) is 0.615. The lowest BCUT2D eigenvalue weighted by molar-refractivity contribution is 0.162. The van der Waals surface area contributed by atoms with Crippen LogP contribution in [-0.4, -0.2) is 20.9 Å². The first-order valence-corrected chi connectivity index (χ1v) is 8.28. The van der Waals surface area contributed by atoms with Gasteiger partial charge in [0.15, 0.2) is 4.34 Å². The van der Waals surface area contributed by atoms with Crippen LogP contribution in [-0.2, 0) is 4.74 Å². The largest absolute Gasteiger partial charge is 0.363 e. The van der Waals surface area contributed by atoms with Crippen LogP contribution in [0.4, 0.5) is 0 Å². The van der Waals surface area contributed by atoms with E-state index in [0.717, 1.165) is 5.69 Å². The number of fused-ring (bicyclic) bond motifs is 1. The van der Waals surface area contributed by atoms with Gasteiger partial charge in [-0.25, -0.2) is 4.98 Å². The van der Waals surface area contributed by atoms with E-state index in [0.29, 0.717) is 5.92 Å². The predicted molar refractivity (Wildman–Crippen MR) is 77.4 cm³/mol. The van der Waals surface area contributed by atoms with Gasteiger partial charge in [0.05, 0.1) is 11.2 Å². The van der Waals surface area contributed by atoms with Crippen LogP contribution in [0.3, 0.4) is 0 Å². The van der Waals surface area contributed by atoms with Crippen molar-refractivity contribution in [3.63, 3.8) is 0 Å². The molecule has 1 aromatic rings. The normalized spacial score (nSPS) is 38.8. The van der Waals surface area contributed by atoms with Gasteiger partial charge in [-0.15, -0.1) is 11.3 Å². The van der Waals surface area contributed by atoms with Gasteiger partial charge in [-0.2, -0.15) is 0 Å². The third-order valence-corrected chi connectivity index (χ3v) is 7.18. The summed E-state index contributed by atoms with van der Waals surface area (Å²) < 4.78 is 7.42. The van der Waals surface area contributed by atoms with Gasteiger partial charge in [0.2, 0.25) is 0 Å². The number of thiazole rings is 1. The second-order valence-corrected chi connectivity index (χ2v) is 9.25. The highest BCUT2D eigenvalue weighted by Gasteiger charge is 2.73. The van der Waals surface area contributed by atoms with Crippen LogP contribution in [0.2, 0.25) is 0 Å². The highest BCUT2D eigenvalue weighted by molar-refractivity contribution is 8.02. The van der Waals surface area contributed by atoms with Crippen molar-refractivity contribution in [2.75, 3.05) is 0 Å². The van der Waals surface area contributed by atoms with Gasteiger partial charge in [-0.1, -0.05) is 11.8 Å². The number of hydrogen-bond acceptors (Lipinski definition) is 4. The summed E-state index contributed by atoms with van der Waals surface area (Å²) >= 11 is 3.68. The van der Waals surface area contributed by atoms with E-state index < -0.39 is 0 Å². The van der Waals surface area contributed by atoms with Gasteiger partial charge in [-0.05, 0) is 47.5 Å². The van der Waals surface area contributed by atoms with Crippen LogP contribution in [0.1, 0.15) is 46.2 Å². The molecule has 1 aliphatic heterocycles. The number of ether oxygens (including phenoxy) is 1. The van der Waals surface area contributed by atoms with E-state index >= 15 is 0 Å². The fraction of sp³-hybridized carbons (Fsp3) is 0.786. The quantitative estimate of drug-likeness (QED) is 0.611. The number of aryl methyl sites for hydroxylation is 1. The molecule has 100 valence electrons. The molecule has 1 saturated carbocycles. The minimum absolute atomic E-state index is 0.0931. The monoisotopic (exact) mass is 283 g/mol. The summed E-state index contributed by atoms with van der Waals surface area (Å²) in [6, 6.07) is 0. The molecule has 1 aliphatic carbocycles. The van der Waals surface area contributed by atoms with E-state index in [2.05, 4.69) is 45.0 Å². The molecule has 1 aromatic heterocycles. The zero-order valence-corrected chi connectivity index (χ0v) is 13.4. The maximum atomic E-state index is 6.04. The van der Waals surface area contributed by atoms with Crippen LogP contribution >= 0.6 is 23.1 Å². The topological polar surface area (TPSA) is 25.4 Å². The van der Waals surface area contributed by atoms with E-state index in [9.17, 15) is 0 Å². The van der Waals surface area contributed by atoms with E-state index in [4.69, 9.17) is 4.74 Å². The van der Waals surface area contributed by atoms with Gasteiger partial charge in [-0.3, -0.25) is 0 Å². The maximum Gasteiger partial charge on any atom is 0.150 e. The van der Waals surface area contributed by atoms with Crippen LogP contribution in [0.15, 0.2) is 9.72 Å². The molecule has 2 fully saturated rings. The highest BCUT2D eigenvalue weighted by Crippen LogP contribution is 2.66. The summed E-state index contributed by atoms with van der Waals surface area (Å²) in [6.45, 7) is 11.3. The van der Waals surface area contributed by atoms with E-state index in [1.807, 2.05) is 11.8 Å². The molecule has 4 heteroatoms. The molecule has 18 heavy (non-hydrogen) atoms. The van der Waals surface area contributed by atoms with Crippen LogP contribution in [0.25, 0.3) is 0 Å². The Morgan fingerprint density at radius 3 is 2.67 bits per heavy atom. The van der Waals surface area contributed by atoms with E-state index in [1.54, 1.807) is 11.3 Å². The Kier molecular flexibility index (Phi) is 2.69. The van der Waals surface area contributed by atoms with Crippen LogP contribution in [0, 0.1) is 12.8 Å². The Bertz CT molecular complexity index is 480. The minimum atomic E-state index is 0.0931. The van der Waals surface area contributed by atoms with Crippen molar-refractivity contribution in [2.24, 2.45) is 5.92 Å². The molecule has 0 amide bonds. The minimum Gasteiger partial charge on any atom is -0.363 e. The van der Waals surface area contributed by atoms with Crippen LogP contribution < -0.4 is 0 Å². The molecule has 0 aromatic carbocycles. The smallest absolute Gasteiger partial charge is 0.150 e. The lowest BCUT2D eigenvalue weighted by Gasteiger charge is -2.33. The average Bonchev–Trinajstić information content (AvgIpc) is 2.56. The Balaban J connectivity index is 1.79. The summed E-state index contributed by atoms with van der Waals surface area (Å²) in [5, 5.41) is 2.13. The molecule has 3 atom stereocenters. The first-order chi connectivity index (χ1) is 8.27. The average molecular weight is 283 g/mol. The van der Waals surface area contributed by atoms with Crippen molar-refractivity contribution in [1.29, 1.82) is 0 Å². The molecule has 0 bridgehead atoms. The van der Waals surface area contributed by atoms with Gasteiger partial charge in [0.1, 0.15) is 0 Å². The van der Waals surface area contributed by atoms with Crippen molar-refractivity contribution in [3.05, 3.63) is 11.1 Å². The van der Waals surface area contributed by atoms with Crippen molar-refractivity contribution in [3.8, 4) is 0 Å². The number of thioether (sulfide) groups is 1. The molecular formula is C14H21NOS2. The SMILES string of the molecule is Cc1csc(SC(C)(C)C2CCC3(C)OC23C)n1. The Labute approximate surface area is 118 Å². The fourth-order valence-electron chi connectivity index (χ4n) is 3.56. The van der Waals surface area contributed by atoms with Crippen LogP contribution in [0.5, 0.6) is 0 Å². The molecule has 0 spiro atoms. The number of rotatable bonds is 3. The van der Waals surface area contributed by atoms with Gasteiger partial charge in [0, 0.05) is 21.7 Å². The zero-order chi connectivity index (χ0) is 13.2. The second-order valence-electron chi connectivity index (χ2n) is 6.49. The first-order valence-electron chi connectivity index (χ1n) is 6.58. The maximum absolute atomic E-state index is 6.04. The lowest BCUT2D eigenvalue weighted by Crippen LogP contribution is -2.36. The number of nitrogens with zero attached hydrogens (tertiary/aromatic N) is 1. The third kappa shape index (κ3) is 1.76. The summed E-state index contributed by atoms with van der Waals surface area (Å²) in [4.78, 5) is 4.59. The number of aromatic nitrogens is 1. The Hall–Kier alpha value is -0.0600. The lowest BCUT2D eigenvalue weighted by atomic mass is 9.83. The molecule has 0 radical (unpaired) electrons. The van der Waals surface area contributed by atoms with Crippen molar-refractivity contribution < 1.29 is 4.74 Å². The Morgan fingerprint density at radius 1 is 1.50 bits per heavy atom. The molecular weight excluding hydrogens is 262 g/mol. The second kappa shape index (κ2) is 3.74. The predicted octanol–water partition coefficient (Wildman–Crippen LogP) is 4.28. The van der Waals surface area contributed by atoms with Crippen molar-refractivity contribution >= 4 is 23.1 Å². The summed E-state index contributed by atoms with van der Waals surface area (Å²) in [7, 11) is 0. The molecule has 2 aliphatic rings. The standard InChI is InChI=1S/C14H21NOS2/c1-9-8-17-11(15-9)18-12(2,3)10-6-7-13(4)14(10,5)16-13/h8,10H,6-7H2,1-5H3. The molecule has 2 nitrogen and oxygen atoms in total. The van der Waals surface area contributed by atoms with Gasteiger partial charge < -0.3 is 4.74 Å². The third-order valence-electron chi connectivity index (χ3n) is 4.81. The molecule has 3 rings (SSSR count). The summed E-state index contributed by atoms with van der Waals surface area (Å²) in [5.41, 5.74) is 1.37. The summed E-state index contributed by atoms with van der Waals surface area (Å²) in [6.07, 6.45) is 2.48. The zero-order valence-electron chi connectivity index (χ0n) is 11.7.